The van der Waals surface area contributed by atoms with Crippen LogP contribution in [0.25, 0.3) is 0 Å². The first-order chi connectivity index (χ1) is 8.26. The van der Waals surface area contributed by atoms with E-state index in [-0.39, 0.29) is 23.3 Å². The second kappa shape index (κ2) is 6.10. The Kier molecular flexibility index (Phi) is 4.74. The molecule has 2 rings (SSSR count). The van der Waals surface area contributed by atoms with E-state index in [2.05, 4.69) is 5.32 Å². The van der Waals surface area contributed by atoms with Crippen molar-refractivity contribution in [3.8, 4) is 0 Å². The Morgan fingerprint density at radius 2 is 2.00 bits per heavy atom. The predicted molar refractivity (Wildman–Crippen MR) is 71.1 cm³/mol. The van der Waals surface area contributed by atoms with Gasteiger partial charge in [-0.05, 0) is 31.4 Å². The molecule has 1 amide bonds. The maximum atomic E-state index is 12.2. The number of aliphatic hydroxyl groups excluding tert-OH is 1. The molecule has 98 valence electrons. The summed E-state index contributed by atoms with van der Waals surface area (Å²) in [5, 5.41) is 12.8. The van der Waals surface area contributed by atoms with Crippen molar-refractivity contribution in [2.75, 3.05) is 12.4 Å². The number of hydrogen-bond acceptors (Lipinski definition) is 3. The van der Waals surface area contributed by atoms with Crippen LogP contribution >= 0.6 is 11.8 Å². The molecule has 1 saturated heterocycles. The van der Waals surface area contributed by atoms with E-state index in [0.717, 1.165) is 44.3 Å². The molecule has 0 aromatic rings. The average Bonchev–Trinajstić information content (AvgIpc) is 2.41. The largest absolute Gasteiger partial charge is 0.394 e. The molecule has 2 N–H and O–H groups in total. The standard InChI is InChI=1S/C13H23NO2S/c15-10-13(7-3-1-4-8-13)14-12(16)11-6-2-5-9-17-11/h11,15H,1-10H2,(H,14,16). The molecule has 1 aliphatic heterocycles. The Hall–Kier alpha value is -0.220. The molecule has 0 aromatic carbocycles. The zero-order valence-electron chi connectivity index (χ0n) is 10.4. The highest BCUT2D eigenvalue weighted by Crippen LogP contribution is 2.30. The fraction of sp³-hybridized carbons (Fsp3) is 0.923. The summed E-state index contributed by atoms with van der Waals surface area (Å²) in [6.45, 7) is 0.0934. The van der Waals surface area contributed by atoms with Crippen LogP contribution in [0.2, 0.25) is 0 Å². The summed E-state index contributed by atoms with van der Waals surface area (Å²) in [6, 6.07) is 0. The monoisotopic (exact) mass is 257 g/mol. The van der Waals surface area contributed by atoms with Gasteiger partial charge in [0.2, 0.25) is 5.91 Å². The molecule has 0 radical (unpaired) electrons. The van der Waals surface area contributed by atoms with Gasteiger partial charge in [-0.15, -0.1) is 11.8 Å². The fourth-order valence-electron chi connectivity index (χ4n) is 2.84. The number of carbonyl (C=O) groups is 1. The molecule has 0 spiro atoms. The predicted octanol–water partition coefficient (Wildman–Crippen LogP) is 2.08. The summed E-state index contributed by atoms with van der Waals surface area (Å²) in [6.07, 6.45) is 8.75. The van der Waals surface area contributed by atoms with Crippen LogP contribution in [0.15, 0.2) is 0 Å². The Morgan fingerprint density at radius 1 is 1.24 bits per heavy atom. The average molecular weight is 257 g/mol. The number of aliphatic hydroxyl groups is 1. The normalized spacial score (nSPS) is 28.6. The summed E-state index contributed by atoms with van der Waals surface area (Å²) >= 11 is 1.78. The molecular weight excluding hydrogens is 234 g/mol. The van der Waals surface area contributed by atoms with Gasteiger partial charge in [0.25, 0.3) is 0 Å². The van der Waals surface area contributed by atoms with Crippen molar-refractivity contribution in [1.82, 2.24) is 5.32 Å². The molecule has 2 aliphatic rings. The van der Waals surface area contributed by atoms with Crippen molar-refractivity contribution >= 4 is 17.7 Å². The van der Waals surface area contributed by atoms with Crippen molar-refractivity contribution in [2.24, 2.45) is 0 Å². The van der Waals surface area contributed by atoms with Gasteiger partial charge in [-0.25, -0.2) is 0 Å². The molecule has 1 aliphatic carbocycles. The van der Waals surface area contributed by atoms with Crippen LogP contribution < -0.4 is 5.32 Å². The molecule has 17 heavy (non-hydrogen) atoms. The Morgan fingerprint density at radius 3 is 2.59 bits per heavy atom. The Bertz CT molecular complexity index is 258. The van der Waals surface area contributed by atoms with E-state index in [1.54, 1.807) is 11.8 Å². The van der Waals surface area contributed by atoms with Gasteiger partial charge in [-0.3, -0.25) is 4.79 Å². The molecule has 1 atom stereocenters. The van der Waals surface area contributed by atoms with Crippen LogP contribution in [-0.2, 0) is 4.79 Å². The zero-order valence-corrected chi connectivity index (χ0v) is 11.2. The van der Waals surface area contributed by atoms with Gasteiger partial charge in [0, 0.05) is 0 Å². The minimum Gasteiger partial charge on any atom is -0.394 e. The third-order valence-electron chi connectivity index (χ3n) is 3.97. The lowest BCUT2D eigenvalue weighted by atomic mass is 9.82. The van der Waals surface area contributed by atoms with Crippen LogP contribution in [0, 0.1) is 0 Å². The van der Waals surface area contributed by atoms with Crippen LogP contribution in [0.5, 0.6) is 0 Å². The van der Waals surface area contributed by atoms with Gasteiger partial charge in [0.15, 0.2) is 0 Å². The van der Waals surface area contributed by atoms with Crippen molar-refractivity contribution in [1.29, 1.82) is 0 Å². The van der Waals surface area contributed by atoms with Gasteiger partial charge in [0.05, 0.1) is 17.4 Å². The molecule has 0 bridgehead atoms. The molecule has 1 heterocycles. The molecule has 0 aromatic heterocycles. The summed E-state index contributed by atoms with van der Waals surface area (Å²) in [5.74, 6) is 1.26. The lowest BCUT2D eigenvalue weighted by Gasteiger charge is -2.37. The number of rotatable bonds is 3. The molecule has 2 fully saturated rings. The quantitative estimate of drug-likeness (QED) is 0.814. The van der Waals surface area contributed by atoms with E-state index in [0.29, 0.717) is 0 Å². The lowest BCUT2D eigenvalue weighted by Crippen LogP contribution is -2.54. The lowest BCUT2D eigenvalue weighted by molar-refractivity contribution is -0.123. The molecule has 1 saturated carbocycles. The van der Waals surface area contributed by atoms with Gasteiger partial charge in [0.1, 0.15) is 0 Å². The van der Waals surface area contributed by atoms with E-state index in [1.165, 1.54) is 12.8 Å². The molecule has 3 nitrogen and oxygen atoms in total. The first kappa shape index (κ1) is 13.2. The number of thioether (sulfide) groups is 1. The summed E-state index contributed by atoms with van der Waals surface area (Å²) in [5.41, 5.74) is -0.312. The minimum absolute atomic E-state index is 0.0934. The highest BCUT2D eigenvalue weighted by Gasteiger charge is 2.35. The molecule has 4 heteroatoms. The number of amides is 1. The van der Waals surface area contributed by atoms with E-state index >= 15 is 0 Å². The third kappa shape index (κ3) is 3.38. The summed E-state index contributed by atoms with van der Waals surface area (Å²) < 4.78 is 0. The summed E-state index contributed by atoms with van der Waals surface area (Å²) in [4.78, 5) is 12.2. The molecule has 1 unspecified atom stereocenters. The van der Waals surface area contributed by atoms with Crippen molar-refractivity contribution < 1.29 is 9.90 Å². The topological polar surface area (TPSA) is 49.3 Å². The van der Waals surface area contributed by atoms with Crippen molar-refractivity contribution in [3.05, 3.63) is 0 Å². The smallest absolute Gasteiger partial charge is 0.233 e. The highest BCUT2D eigenvalue weighted by atomic mass is 32.2. The van der Waals surface area contributed by atoms with E-state index in [4.69, 9.17) is 0 Å². The fourth-order valence-corrected chi connectivity index (χ4v) is 4.04. The Labute approximate surface area is 108 Å². The first-order valence-electron chi connectivity index (χ1n) is 6.80. The minimum atomic E-state index is -0.312. The van der Waals surface area contributed by atoms with Crippen LogP contribution in [0.1, 0.15) is 51.4 Å². The maximum absolute atomic E-state index is 12.2. The van der Waals surface area contributed by atoms with Crippen molar-refractivity contribution in [2.45, 2.75) is 62.2 Å². The van der Waals surface area contributed by atoms with Gasteiger partial charge < -0.3 is 10.4 Å². The number of hydrogen-bond donors (Lipinski definition) is 2. The van der Waals surface area contributed by atoms with Gasteiger partial charge >= 0.3 is 0 Å². The van der Waals surface area contributed by atoms with Crippen LogP contribution in [0.3, 0.4) is 0 Å². The summed E-state index contributed by atoms with van der Waals surface area (Å²) in [7, 11) is 0. The van der Waals surface area contributed by atoms with Gasteiger partial charge in [-0.2, -0.15) is 0 Å². The number of nitrogens with one attached hydrogen (secondary N) is 1. The maximum Gasteiger partial charge on any atom is 0.233 e. The van der Waals surface area contributed by atoms with E-state index in [1.807, 2.05) is 0 Å². The first-order valence-corrected chi connectivity index (χ1v) is 7.85. The second-order valence-corrected chi connectivity index (χ2v) is 6.65. The van der Waals surface area contributed by atoms with Crippen LogP contribution in [0.4, 0.5) is 0 Å². The Balaban J connectivity index is 1.90. The van der Waals surface area contributed by atoms with Crippen LogP contribution in [-0.4, -0.2) is 34.2 Å². The second-order valence-electron chi connectivity index (χ2n) is 5.34. The SMILES string of the molecule is O=C(NC1(CO)CCCCC1)C1CCCCS1. The van der Waals surface area contributed by atoms with E-state index in [9.17, 15) is 9.90 Å². The highest BCUT2D eigenvalue weighted by molar-refractivity contribution is 8.00. The molecular formula is C13H23NO2S. The van der Waals surface area contributed by atoms with Crippen molar-refractivity contribution in [3.63, 3.8) is 0 Å². The third-order valence-corrected chi connectivity index (χ3v) is 5.35. The number of carbonyl (C=O) groups excluding carboxylic acids is 1. The zero-order chi connectivity index (χ0) is 12.1. The van der Waals surface area contributed by atoms with Gasteiger partial charge in [-0.1, -0.05) is 25.7 Å². The van der Waals surface area contributed by atoms with E-state index < -0.39 is 0 Å².